The first-order chi connectivity index (χ1) is 6.79. The number of carboxylic acids is 1. The van der Waals surface area contributed by atoms with Crippen molar-refractivity contribution in [3.05, 3.63) is 0 Å². The third kappa shape index (κ3) is 3.82. The van der Waals surface area contributed by atoms with Crippen LogP contribution in [-0.2, 0) is 4.79 Å². The molecule has 3 heteroatoms. The standard InChI is InChI=1S/C12H23NO2/c1-12(2,3)5-6-13(4)10-7-9(8-10)11(14)15/h9-10H,5-8H2,1-4H3,(H,14,15). The van der Waals surface area contributed by atoms with Crippen molar-refractivity contribution in [1.82, 2.24) is 4.90 Å². The zero-order valence-electron chi connectivity index (χ0n) is 10.3. The summed E-state index contributed by atoms with van der Waals surface area (Å²) in [5, 5.41) is 8.77. The molecular weight excluding hydrogens is 190 g/mol. The van der Waals surface area contributed by atoms with Crippen LogP contribution in [0.1, 0.15) is 40.0 Å². The Morgan fingerprint density at radius 3 is 2.33 bits per heavy atom. The molecular formula is C12H23NO2. The van der Waals surface area contributed by atoms with Gasteiger partial charge in [-0.15, -0.1) is 0 Å². The lowest BCUT2D eigenvalue weighted by molar-refractivity contribution is -0.146. The van der Waals surface area contributed by atoms with Crippen molar-refractivity contribution in [3.8, 4) is 0 Å². The zero-order chi connectivity index (χ0) is 11.6. The van der Waals surface area contributed by atoms with Gasteiger partial charge in [0, 0.05) is 6.04 Å². The lowest BCUT2D eigenvalue weighted by atomic mass is 9.79. The van der Waals surface area contributed by atoms with Crippen molar-refractivity contribution in [2.75, 3.05) is 13.6 Å². The van der Waals surface area contributed by atoms with Gasteiger partial charge in [0.2, 0.25) is 0 Å². The van der Waals surface area contributed by atoms with Crippen LogP contribution in [0.2, 0.25) is 0 Å². The molecule has 0 aromatic rings. The predicted octanol–water partition coefficient (Wildman–Crippen LogP) is 2.22. The first-order valence-electron chi connectivity index (χ1n) is 5.72. The second-order valence-corrected chi connectivity index (χ2v) is 5.95. The highest BCUT2D eigenvalue weighted by Crippen LogP contribution is 2.32. The minimum atomic E-state index is -0.629. The van der Waals surface area contributed by atoms with Crippen LogP contribution in [-0.4, -0.2) is 35.6 Å². The van der Waals surface area contributed by atoms with Crippen LogP contribution in [0.15, 0.2) is 0 Å². The summed E-state index contributed by atoms with van der Waals surface area (Å²) < 4.78 is 0. The molecule has 0 aromatic carbocycles. The lowest BCUT2D eigenvalue weighted by Crippen LogP contribution is -2.46. The Kier molecular flexibility index (Phi) is 3.77. The molecule has 1 saturated carbocycles. The molecule has 0 radical (unpaired) electrons. The number of nitrogens with zero attached hydrogens (tertiary/aromatic N) is 1. The average molecular weight is 213 g/mol. The summed E-state index contributed by atoms with van der Waals surface area (Å²) in [5.41, 5.74) is 0.365. The maximum Gasteiger partial charge on any atom is 0.306 e. The van der Waals surface area contributed by atoms with Crippen LogP contribution in [0.25, 0.3) is 0 Å². The Balaban J connectivity index is 2.21. The Morgan fingerprint density at radius 1 is 1.40 bits per heavy atom. The molecule has 0 heterocycles. The van der Waals surface area contributed by atoms with E-state index in [4.69, 9.17) is 5.11 Å². The molecule has 1 aliphatic rings. The monoisotopic (exact) mass is 213 g/mol. The lowest BCUT2D eigenvalue weighted by Gasteiger charge is -2.40. The number of aliphatic carboxylic acids is 1. The van der Waals surface area contributed by atoms with Crippen molar-refractivity contribution < 1.29 is 9.90 Å². The average Bonchev–Trinajstić information content (AvgIpc) is 1.95. The van der Waals surface area contributed by atoms with Crippen LogP contribution in [0.4, 0.5) is 0 Å². The Labute approximate surface area is 92.5 Å². The quantitative estimate of drug-likeness (QED) is 0.778. The van der Waals surface area contributed by atoms with Crippen LogP contribution >= 0.6 is 0 Å². The van der Waals surface area contributed by atoms with Crippen molar-refractivity contribution in [3.63, 3.8) is 0 Å². The molecule has 0 saturated heterocycles. The zero-order valence-corrected chi connectivity index (χ0v) is 10.3. The highest BCUT2D eigenvalue weighted by molar-refractivity contribution is 5.71. The van der Waals surface area contributed by atoms with Gasteiger partial charge in [0.15, 0.2) is 0 Å². The Morgan fingerprint density at radius 2 is 1.93 bits per heavy atom. The van der Waals surface area contributed by atoms with E-state index in [0.717, 1.165) is 25.8 Å². The topological polar surface area (TPSA) is 40.5 Å². The number of hydrogen-bond acceptors (Lipinski definition) is 2. The van der Waals surface area contributed by atoms with Gasteiger partial charge in [0.05, 0.1) is 5.92 Å². The second kappa shape index (κ2) is 4.52. The summed E-state index contributed by atoms with van der Waals surface area (Å²) in [5.74, 6) is -0.720. The first kappa shape index (κ1) is 12.5. The van der Waals surface area contributed by atoms with Gasteiger partial charge in [0.1, 0.15) is 0 Å². The second-order valence-electron chi connectivity index (χ2n) is 5.95. The largest absolute Gasteiger partial charge is 0.481 e. The number of carboxylic acid groups (broad SMARTS) is 1. The maximum atomic E-state index is 10.6. The van der Waals surface area contributed by atoms with Crippen LogP contribution < -0.4 is 0 Å². The molecule has 0 aromatic heterocycles. The summed E-state index contributed by atoms with van der Waals surface area (Å²) in [4.78, 5) is 13.0. The molecule has 1 N–H and O–H groups in total. The van der Waals surface area contributed by atoms with Crippen molar-refractivity contribution >= 4 is 5.97 Å². The number of carbonyl (C=O) groups is 1. The van der Waals surface area contributed by atoms with Crippen LogP contribution in [0.3, 0.4) is 0 Å². The normalized spacial score (nSPS) is 26.5. The van der Waals surface area contributed by atoms with Crippen molar-refractivity contribution in [2.24, 2.45) is 11.3 Å². The number of hydrogen-bond donors (Lipinski definition) is 1. The predicted molar refractivity (Wildman–Crippen MR) is 60.8 cm³/mol. The van der Waals surface area contributed by atoms with Crippen molar-refractivity contribution in [2.45, 2.75) is 46.1 Å². The molecule has 0 amide bonds. The fourth-order valence-electron chi connectivity index (χ4n) is 1.84. The number of rotatable bonds is 4. The van der Waals surface area contributed by atoms with Gasteiger partial charge in [-0.25, -0.2) is 0 Å². The molecule has 0 aliphatic heterocycles. The van der Waals surface area contributed by atoms with Gasteiger partial charge >= 0.3 is 5.97 Å². The minimum absolute atomic E-state index is 0.0907. The first-order valence-corrected chi connectivity index (χ1v) is 5.72. The van der Waals surface area contributed by atoms with E-state index in [1.54, 1.807) is 0 Å². The van der Waals surface area contributed by atoms with E-state index >= 15 is 0 Å². The molecule has 0 unspecified atom stereocenters. The minimum Gasteiger partial charge on any atom is -0.481 e. The molecule has 1 aliphatic carbocycles. The van der Waals surface area contributed by atoms with Gasteiger partial charge in [-0.05, 0) is 38.3 Å². The van der Waals surface area contributed by atoms with E-state index in [2.05, 4.69) is 32.7 Å². The van der Waals surface area contributed by atoms with Gasteiger partial charge in [-0.3, -0.25) is 4.79 Å². The van der Waals surface area contributed by atoms with Gasteiger partial charge in [-0.2, -0.15) is 0 Å². The SMILES string of the molecule is CN(CCC(C)(C)C)C1CC(C(=O)O)C1. The van der Waals surface area contributed by atoms with Gasteiger partial charge in [0.25, 0.3) is 0 Å². The van der Waals surface area contributed by atoms with E-state index in [1.165, 1.54) is 0 Å². The molecule has 0 bridgehead atoms. The maximum absolute atomic E-state index is 10.6. The molecule has 1 fully saturated rings. The smallest absolute Gasteiger partial charge is 0.306 e. The van der Waals surface area contributed by atoms with E-state index in [1.807, 2.05) is 0 Å². The molecule has 15 heavy (non-hydrogen) atoms. The molecule has 88 valence electrons. The Bertz CT molecular complexity index is 226. The molecule has 0 atom stereocenters. The summed E-state index contributed by atoms with van der Waals surface area (Å²) in [6.07, 6.45) is 2.82. The van der Waals surface area contributed by atoms with E-state index in [-0.39, 0.29) is 5.92 Å². The van der Waals surface area contributed by atoms with Crippen LogP contribution in [0.5, 0.6) is 0 Å². The summed E-state index contributed by atoms with van der Waals surface area (Å²) in [7, 11) is 2.11. The van der Waals surface area contributed by atoms with Crippen molar-refractivity contribution in [1.29, 1.82) is 0 Å². The molecule has 1 rings (SSSR count). The van der Waals surface area contributed by atoms with E-state index in [9.17, 15) is 4.79 Å². The van der Waals surface area contributed by atoms with E-state index in [0.29, 0.717) is 11.5 Å². The van der Waals surface area contributed by atoms with E-state index < -0.39 is 5.97 Å². The summed E-state index contributed by atoms with van der Waals surface area (Å²) in [6.45, 7) is 7.78. The molecule has 0 spiro atoms. The molecule has 3 nitrogen and oxygen atoms in total. The third-order valence-corrected chi connectivity index (χ3v) is 3.30. The fraction of sp³-hybridized carbons (Fsp3) is 0.917. The summed E-state index contributed by atoms with van der Waals surface area (Å²) >= 11 is 0. The van der Waals surface area contributed by atoms with Gasteiger partial charge in [-0.1, -0.05) is 20.8 Å². The van der Waals surface area contributed by atoms with Crippen LogP contribution in [0, 0.1) is 11.3 Å². The van der Waals surface area contributed by atoms with Gasteiger partial charge < -0.3 is 10.0 Å². The highest BCUT2D eigenvalue weighted by Gasteiger charge is 2.36. The Hall–Kier alpha value is -0.570. The third-order valence-electron chi connectivity index (χ3n) is 3.30. The summed E-state index contributed by atoms with van der Waals surface area (Å²) in [6, 6.07) is 0.494. The fourth-order valence-corrected chi connectivity index (χ4v) is 1.84. The highest BCUT2D eigenvalue weighted by atomic mass is 16.4.